The third kappa shape index (κ3) is 3.22. The first kappa shape index (κ1) is 12.9. The normalized spacial score (nSPS) is 10.4. The van der Waals surface area contributed by atoms with Crippen molar-refractivity contribution < 1.29 is 9.47 Å². The Morgan fingerprint density at radius 2 is 1.47 bits per heavy atom. The molecular formula is C14H15N3O2. The molecule has 0 saturated heterocycles. The van der Waals surface area contributed by atoms with E-state index in [2.05, 4.69) is 15.8 Å². The van der Waals surface area contributed by atoms with Gasteiger partial charge in [0.25, 0.3) is 0 Å². The van der Waals surface area contributed by atoms with Crippen LogP contribution in [0.3, 0.4) is 0 Å². The lowest BCUT2D eigenvalue weighted by Crippen LogP contribution is -1.91. The van der Waals surface area contributed by atoms with Crippen LogP contribution in [0.2, 0.25) is 0 Å². The highest BCUT2D eigenvalue weighted by atomic mass is 16.5. The molecule has 5 nitrogen and oxygen atoms in total. The monoisotopic (exact) mass is 257 g/mol. The highest BCUT2D eigenvalue weighted by molar-refractivity contribution is 5.56. The molecule has 0 bridgehead atoms. The number of para-hydroxylation sites is 3. The molecule has 0 fully saturated rings. The number of nitrogens with one attached hydrogen (secondary N) is 1. The van der Waals surface area contributed by atoms with Gasteiger partial charge in [-0.2, -0.15) is 0 Å². The molecule has 2 aromatic carbocycles. The van der Waals surface area contributed by atoms with Crippen LogP contribution in [0.1, 0.15) is 0 Å². The predicted molar refractivity (Wildman–Crippen MR) is 74.1 cm³/mol. The van der Waals surface area contributed by atoms with Crippen molar-refractivity contribution >= 4 is 11.4 Å². The van der Waals surface area contributed by atoms with Gasteiger partial charge in [0.2, 0.25) is 0 Å². The Kier molecular flexibility index (Phi) is 4.34. The van der Waals surface area contributed by atoms with Crippen LogP contribution in [-0.2, 0) is 0 Å². The molecule has 19 heavy (non-hydrogen) atoms. The van der Waals surface area contributed by atoms with E-state index < -0.39 is 0 Å². The molecule has 0 radical (unpaired) electrons. The van der Waals surface area contributed by atoms with E-state index in [1.54, 1.807) is 14.2 Å². The minimum absolute atomic E-state index is 0.660. The average molecular weight is 257 g/mol. The van der Waals surface area contributed by atoms with Crippen LogP contribution in [0.25, 0.3) is 0 Å². The molecule has 2 aromatic rings. The molecule has 0 atom stereocenters. The summed E-state index contributed by atoms with van der Waals surface area (Å²) in [7, 11) is 3.21. The van der Waals surface area contributed by atoms with Crippen LogP contribution in [0.15, 0.2) is 58.9 Å². The molecule has 0 spiro atoms. The highest BCUT2D eigenvalue weighted by Gasteiger charge is 2.01. The SMILES string of the molecule is COc1ccccc1N=NNc1ccccc1OC. The average Bonchev–Trinajstić information content (AvgIpc) is 2.48. The maximum absolute atomic E-state index is 5.20. The van der Waals surface area contributed by atoms with Gasteiger partial charge in [0, 0.05) is 0 Å². The second-order valence-electron chi connectivity index (χ2n) is 3.68. The number of hydrogen-bond acceptors (Lipinski definition) is 4. The number of methoxy groups -OCH3 is 2. The van der Waals surface area contributed by atoms with E-state index in [0.717, 1.165) is 5.69 Å². The van der Waals surface area contributed by atoms with Gasteiger partial charge in [0.15, 0.2) is 0 Å². The molecular weight excluding hydrogens is 242 g/mol. The summed E-state index contributed by atoms with van der Waals surface area (Å²) in [5.41, 5.74) is 4.25. The zero-order valence-corrected chi connectivity index (χ0v) is 10.8. The molecule has 0 aliphatic carbocycles. The van der Waals surface area contributed by atoms with Crippen LogP contribution in [-0.4, -0.2) is 14.2 Å². The maximum Gasteiger partial charge on any atom is 0.146 e. The highest BCUT2D eigenvalue weighted by Crippen LogP contribution is 2.27. The third-order valence-electron chi connectivity index (χ3n) is 2.52. The Bertz CT molecular complexity index is 570. The van der Waals surface area contributed by atoms with E-state index in [9.17, 15) is 0 Å². The summed E-state index contributed by atoms with van der Waals surface area (Å²) in [6, 6.07) is 14.9. The smallest absolute Gasteiger partial charge is 0.146 e. The Morgan fingerprint density at radius 3 is 2.21 bits per heavy atom. The molecule has 0 aliphatic rings. The number of anilines is 1. The quantitative estimate of drug-likeness (QED) is 0.654. The standard InChI is InChI=1S/C14H15N3O2/c1-18-13-9-5-3-7-11(13)15-17-16-12-8-4-6-10-14(12)19-2/h3-10H,1-2H3,(H,15,16). The van der Waals surface area contributed by atoms with E-state index in [0.29, 0.717) is 17.2 Å². The summed E-state index contributed by atoms with van der Waals surface area (Å²) >= 11 is 0. The number of benzene rings is 2. The van der Waals surface area contributed by atoms with Crippen LogP contribution >= 0.6 is 0 Å². The summed E-state index contributed by atoms with van der Waals surface area (Å²) in [6.07, 6.45) is 0. The fourth-order valence-electron chi connectivity index (χ4n) is 1.58. The lowest BCUT2D eigenvalue weighted by atomic mass is 10.3. The zero-order chi connectivity index (χ0) is 13.5. The molecule has 0 saturated carbocycles. The molecule has 5 heteroatoms. The number of hydrogen-bond donors (Lipinski definition) is 1. The fraction of sp³-hybridized carbons (Fsp3) is 0.143. The van der Waals surface area contributed by atoms with Crippen molar-refractivity contribution in [2.45, 2.75) is 0 Å². The van der Waals surface area contributed by atoms with Gasteiger partial charge < -0.3 is 9.47 Å². The Labute approximate surface area is 111 Å². The van der Waals surface area contributed by atoms with Gasteiger partial charge in [0.05, 0.1) is 19.9 Å². The van der Waals surface area contributed by atoms with Crippen molar-refractivity contribution in [3.05, 3.63) is 48.5 Å². The van der Waals surface area contributed by atoms with E-state index in [-0.39, 0.29) is 0 Å². The number of ether oxygens (including phenoxy) is 2. The van der Waals surface area contributed by atoms with Gasteiger partial charge in [-0.1, -0.05) is 29.5 Å². The van der Waals surface area contributed by atoms with Crippen LogP contribution in [0.5, 0.6) is 11.5 Å². The molecule has 98 valence electrons. The van der Waals surface area contributed by atoms with Gasteiger partial charge in [-0.15, -0.1) is 5.11 Å². The molecule has 1 N–H and O–H groups in total. The first-order chi connectivity index (χ1) is 9.35. The van der Waals surface area contributed by atoms with Gasteiger partial charge in [-0.05, 0) is 24.3 Å². The van der Waals surface area contributed by atoms with Crippen LogP contribution in [0.4, 0.5) is 11.4 Å². The molecule has 0 heterocycles. The number of rotatable bonds is 5. The predicted octanol–water partition coefficient (Wildman–Crippen LogP) is 3.81. The van der Waals surface area contributed by atoms with Crippen molar-refractivity contribution in [3.8, 4) is 11.5 Å². The third-order valence-corrected chi connectivity index (χ3v) is 2.52. The Balaban J connectivity index is 2.11. The minimum atomic E-state index is 0.660. The van der Waals surface area contributed by atoms with Crippen LogP contribution in [0, 0.1) is 0 Å². The summed E-state index contributed by atoms with van der Waals surface area (Å²) in [4.78, 5) is 0. The van der Waals surface area contributed by atoms with Crippen molar-refractivity contribution in [2.24, 2.45) is 10.3 Å². The van der Waals surface area contributed by atoms with Gasteiger partial charge >= 0.3 is 0 Å². The van der Waals surface area contributed by atoms with Crippen molar-refractivity contribution in [3.63, 3.8) is 0 Å². The first-order valence-corrected chi connectivity index (χ1v) is 5.78. The van der Waals surface area contributed by atoms with Crippen molar-refractivity contribution in [1.82, 2.24) is 0 Å². The van der Waals surface area contributed by atoms with Crippen molar-refractivity contribution in [1.29, 1.82) is 0 Å². The summed E-state index contributed by atoms with van der Waals surface area (Å²) in [5, 5.41) is 8.03. The molecule has 0 aromatic heterocycles. The topological polar surface area (TPSA) is 55.2 Å². The second kappa shape index (κ2) is 6.39. The molecule has 0 aliphatic heterocycles. The van der Waals surface area contributed by atoms with Crippen LogP contribution < -0.4 is 14.9 Å². The summed E-state index contributed by atoms with van der Waals surface area (Å²) < 4.78 is 10.4. The fourth-order valence-corrected chi connectivity index (χ4v) is 1.58. The van der Waals surface area contributed by atoms with E-state index >= 15 is 0 Å². The lowest BCUT2D eigenvalue weighted by molar-refractivity contribution is 0.415. The number of nitrogens with zero attached hydrogens (tertiary/aromatic N) is 2. The van der Waals surface area contributed by atoms with E-state index in [1.807, 2.05) is 48.5 Å². The first-order valence-electron chi connectivity index (χ1n) is 5.78. The summed E-state index contributed by atoms with van der Waals surface area (Å²) in [6.45, 7) is 0. The molecule has 0 unspecified atom stereocenters. The van der Waals surface area contributed by atoms with Gasteiger partial charge in [-0.3, -0.25) is 5.43 Å². The van der Waals surface area contributed by atoms with E-state index in [1.165, 1.54) is 0 Å². The van der Waals surface area contributed by atoms with Gasteiger partial charge in [-0.25, -0.2) is 0 Å². The minimum Gasteiger partial charge on any atom is -0.495 e. The van der Waals surface area contributed by atoms with Crippen molar-refractivity contribution in [2.75, 3.05) is 19.6 Å². The lowest BCUT2D eigenvalue weighted by Gasteiger charge is -2.06. The molecule has 0 amide bonds. The zero-order valence-electron chi connectivity index (χ0n) is 10.8. The van der Waals surface area contributed by atoms with E-state index in [4.69, 9.17) is 9.47 Å². The second-order valence-corrected chi connectivity index (χ2v) is 3.68. The summed E-state index contributed by atoms with van der Waals surface area (Å²) in [5.74, 6) is 1.38. The Hall–Kier alpha value is -2.56. The Morgan fingerprint density at radius 1 is 0.842 bits per heavy atom. The van der Waals surface area contributed by atoms with Gasteiger partial charge in [0.1, 0.15) is 17.2 Å². The largest absolute Gasteiger partial charge is 0.495 e. The molecule has 2 rings (SSSR count). The maximum atomic E-state index is 5.20.